The molecule has 1 saturated heterocycles. The summed E-state index contributed by atoms with van der Waals surface area (Å²) < 4.78 is 0. The monoisotopic (exact) mass is 233 g/mol. The molecule has 1 aliphatic heterocycles. The number of nitrogens with two attached hydrogens (primary N) is 1. The van der Waals surface area contributed by atoms with Crippen molar-refractivity contribution in [2.24, 2.45) is 5.73 Å². The number of carbonyl (C=O) groups excluding carboxylic acids is 1. The van der Waals surface area contributed by atoms with Crippen molar-refractivity contribution in [3.8, 4) is 0 Å². The molecule has 1 fully saturated rings. The van der Waals surface area contributed by atoms with Gasteiger partial charge < -0.3 is 16.4 Å². The maximum atomic E-state index is 11.0. The van der Waals surface area contributed by atoms with Crippen LogP contribution in [-0.4, -0.2) is 25.0 Å². The SMILES string of the molecule is NC(=O)Cc1ccccc1NCC1CCCN1. The Morgan fingerprint density at radius 2 is 2.29 bits per heavy atom. The number of rotatable bonds is 5. The Balaban J connectivity index is 1.96. The van der Waals surface area contributed by atoms with Gasteiger partial charge in [-0.15, -0.1) is 0 Å². The molecule has 1 unspecified atom stereocenters. The van der Waals surface area contributed by atoms with Gasteiger partial charge in [0.25, 0.3) is 0 Å². The van der Waals surface area contributed by atoms with Crippen LogP contribution in [0.2, 0.25) is 0 Å². The van der Waals surface area contributed by atoms with E-state index < -0.39 is 0 Å². The Morgan fingerprint density at radius 1 is 1.47 bits per heavy atom. The molecule has 1 aromatic carbocycles. The van der Waals surface area contributed by atoms with Gasteiger partial charge in [-0.05, 0) is 31.0 Å². The molecule has 0 aromatic heterocycles. The van der Waals surface area contributed by atoms with Crippen molar-refractivity contribution < 1.29 is 4.79 Å². The highest BCUT2D eigenvalue weighted by Crippen LogP contribution is 2.16. The highest BCUT2D eigenvalue weighted by atomic mass is 16.1. The quantitative estimate of drug-likeness (QED) is 0.707. The second kappa shape index (κ2) is 5.68. The van der Waals surface area contributed by atoms with Gasteiger partial charge in [0.2, 0.25) is 5.91 Å². The molecule has 0 radical (unpaired) electrons. The van der Waals surface area contributed by atoms with Crippen molar-refractivity contribution in [1.29, 1.82) is 0 Å². The largest absolute Gasteiger partial charge is 0.383 e. The third kappa shape index (κ3) is 3.46. The highest BCUT2D eigenvalue weighted by molar-refractivity contribution is 5.78. The molecular weight excluding hydrogens is 214 g/mol. The van der Waals surface area contributed by atoms with Crippen LogP contribution in [0.5, 0.6) is 0 Å². The maximum absolute atomic E-state index is 11.0. The molecule has 4 heteroatoms. The number of benzene rings is 1. The van der Waals surface area contributed by atoms with E-state index in [1.807, 2.05) is 24.3 Å². The van der Waals surface area contributed by atoms with Gasteiger partial charge >= 0.3 is 0 Å². The molecular formula is C13H19N3O. The Kier molecular flexibility index (Phi) is 3.98. The molecule has 0 bridgehead atoms. The van der Waals surface area contributed by atoms with Gasteiger partial charge in [0.15, 0.2) is 0 Å². The third-order valence-corrected chi connectivity index (χ3v) is 3.08. The number of primary amides is 1. The molecule has 4 nitrogen and oxygen atoms in total. The standard InChI is InChI=1S/C13H19N3O/c14-13(17)8-10-4-1-2-6-12(10)16-9-11-5-3-7-15-11/h1-2,4,6,11,15-16H,3,5,7-9H2,(H2,14,17). The van der Waals surface area contributed by atoms with Crippen LogP contribution in [0.25, 0.3) is 0 Å². The van der Waals surface area contributed by atoms with Crippen LogP contribution >= 0.6 is 0 Å². The molecule has 1 atom stereocenters. The predicted molar refractivity (Wildman–Crippen MR) is 68.9 cm³/mol. The number of anilines is 1. The summed E-state index contributed by atoms with van der Waals surface area (Å²) in [6.07, 6.45) is 2.75. The lowest BCUT2D eigenvalue weighted by Gasteiger charge is -2.15. The lowest BCUT2D eigenvalue weighted by atomic mass is 10.1. The van der Waals surface area contributed by atoms with Gasteiger partial charge in [0.05, 0.1) is 6.42 Å². The van der Waals surface area contributed by atoms with Crippen LogP contribution in [0.4, 0.5) is 5.69 Å². The van der Waals surface area contributed by atoms with Crippen molar-refractivity contribution in [1.82, 2.24) is 5.32 Å². The molecule has 92 valence electrons. The van der Waals surface area contributed by atoms with Gasteiger partial charge in [-0.25, -0.2) is 0 Å². The van der Waals surface area contributed by atoms with Gasteiger partial charge in [-0.3, -0.25) is 4.79 Å². The first-order valence-corrected chi connectivity index (χ1v) is 6.09. The Bertz CT molecular complexity index is 386. The smallest absolute Gasteiger partial charge is 0.221 e. The summed E-state index contributed by atoms with van der Waals surface area (Å²) in [5.41, 5.74) is 7.22. The van der Waals surface area contributed by atoms with E-state index in [0.717, 1.165) is 24.3 Å². The first-order chi connectivity index (χ1) is 8.25. The summed E-state index contributed by atoms with van der Waals surface area (Å²) in [5.74, 6) is -0.293. The molecule has 1 aliphatic rings. The van der Waals surface area contributed by atoms with Crippen molar-refractivity contribution in [3.05, 3.63) is 29.8 Å². The van der Waals surface area contributed by atoms with Gasteiger partial charge in [-0.1, -0.05) is 18.2 Å². The van der Waals surface area contributed by atoms with Crippen molar-refractivity contribution in [3.63, 3.8) is 0 Å². The summed E-state index contributed by atoms with van der Waals surface area (Å²) >= 11 is 0. The third-order valence-electron chi connectivity index (χ3n) is 3.08. The van der Waals surface area contributed by atoms with Crippen LogP contribution in [0.3, 0.4) is 0 Å². The fourth-order valence-electron chi connectivity index (χ4n) is 2.20. The zero-order chi connectivity index (χ0) is 12.1. The summed E-state index contributed by atoms with van der Waals surface area (Å²) in [5, 5.41) is 6.82. The number of hydrogen-bond acceptors (Lipinski definition) is 3. The average molecular weight is 233 g/mol. The topological polar surface area (TPSA) is 67.2 Å². The number of para-hydroxylation sites is 1. The molecule has 0 spiro atoms. The van der Waals surface area contributed by atoms with E-state index in [0.29, 0.717) is 12.5 Å². The zero-order valence-corrected chi connectivity index (χ0v) is 9.91. The minimum atomic E-state index is -0.293. The zero-order valence-electron chi connectivity index (χ0n) is 9.91. The molecule has 17 heavy (non-hydrogen) atoms. The van der Waals surface area contributed by atoms with Crippen LogP contribution in [0.1, 0.15) is 18.4 Å². The summed E-state index contributed by atoms with van der Waals surface area (Å²) in [6, 6.07) is 8.37. The van der Waals surface area contributed by atoms with Crippen molar-refractivity contribution >= 4 is 11.6 Å². The molecule has 4 N–H and O–H groups in total. The minimum absolute atomic E-state index is 0.293. The van der Waals surface area contributed by atoms with E-state index in [1.165, 1.54) is 12.8 Å². The average Bonchev–Trinajstić information content (AvgIpc) is 2.80. The Labute approximate surface area is 102 Å². The maximum Gasteiger partial charge on any atom is 0.221 e. The van der Waals surface area contributed by atoms with E-state index in [1.54, 1.807) is 0 Å². The van der Waals surface area contributed by atoms with E-state index >= 15 is 0 Å². The van der Waals surface area contributed by atoms with E-state index in [9.17, 15) is 4.79 Å². The second-order valence-corrected chi connectivity index (χ2v) is 4.47. The minimum Gasteiger partial charge on any atom is -0.383 e. The molecule has 0 saturated carbocycles. The number of carbonyl (C=O) groups is 1. The fraction of sp³-hybridized carbons (Fsp3) is 0.462. The Hall–Kier alpha value is -1.55. The van der Waals surface area contributed by atoms with Gasteiger partial charge in [0.1, 0.15) is 0 Å². The fourth-order valence-corrected chi connectivity index (χ4v) is 2.20. The number of nitrogens with one attached hydrogen (secondary N) is 2. The van der Waals surface area contributed by atoms with Gasteiger partial charge in [0, 0.05) is 18.3 Å². The van der Waals surface area contributed by atoms with Crippen molar-refractivity contribution in [2.75, 3.05) is 18.4 Å². The summed E-state index contributed by atoms with van der Waals surface area (Å²) in [6.45, 7) is 2.01. The van der Waals surface area contributed by atoms with Crippen LogP contribution < -0.4 is 16.4 Å². The lowest BCUT2D eigenvalue weighted by Crippen LogP contribution is -2.29. The van der Waals surface area contributed by atoms with Crippen LogP contribution in [0.15, 0.2) is 24.3 Å². The molecule has 1 heterocycles. The lowest BCUT2D eigenvalue weighted by molar-refractivity contribution is -0.117. The number of amides is 1. The predicted octanol–water partition coefficient (Wildman–Crippen LogP) is 0.878. The first-order valence-electron chi connectivity index (χ1n) is 6.09. The van der Waals surface area contributed by atoms with E-state index in [4.69, 9.17) is 5.73 Å². The van der Waals surface area contributed by atoms with Crippen molar-refractivity contribution in [2.45, 2.75) is 25.3 Å². The first kappa shape index (κ1) is 11.9. The normalized spacial score (nSPS) is 19.2. The van der Waals surface area contributed by atoms with E-state index in [2.05, 4.69) is 10.6 Å². The highest BCUT2D eigenvalue weighted by Gasteiger charge is 2.14. The van der Waals surface area contributed by atoms with Crippen LogP contribution in [-0.2, 0) is 11.2 Å². The molecule has 1 aromatic rings. The molecule has 0 aliphatic carbocycles. The van der Waals surface area contributed by atoms with E-state index in [-0.39, 0.29) is 5.91 Å². The second-order valence-electron chi connectivity index (χ2n) is 4.47. The summed E-state index contributed by atoms with van der Waals surface area (Å²) in [4.78, 5) is 11.0. The van der Waals surface area contributed by atoms with Crippen LogP contribution in [0, 0.1) is 0 Å². The Morgan fingerprint density at radius 3 is 3.00 bits per heavy atom. The number of hydrogen-bond donors (Lipinski definition) is 3. The summed E-state index contributed by atoms with van der Waals surface area (Å²) in [7, 11) is 0. The molecule has 2 rings (SSSR count). The molecule has 1 amide bonds. The van der Waals surface area contributed by atoms with Gasteiger partial charge in [-0.2, -0.15) is 0 Å².